The molecule has 2 N–H and O–H groups in total. The van der Waals surface area contributed by atoms with Gasteiger partial charge in [0.25, 0.3) is 0 Å². The summed E-state index contributed by atoms with van der Waals surface area (Å²) in [5, 5.41) is 0. The third kappa shape index (κ3) is 3.40. The Morgan fingerprint density at radius 2 is 1.65 bits per heavy atom. The molecular formula is C18H23NO. The second kappa shape index (κ2) is 6.58. The largest absolute Gasteiger partial charge is 0.457 e. The second-order valence-electron chi connectivity index (χ2n) is 5.38. The number of benzene rings is 2. The van der Waals surface area contributed by atoms with Gasteiger partial charge in [-0.05, 0) is 41.7 Å². The maximum Gasteiger partial charge on any atom is 0.130 e. The summed E-state index contributed by atoms with van der Waals surface area (Å²) in [5.74, 6) is 2.22. The Morgan fingerprint density at radius 1 is 1.00 bits per heavy atom. The first-order valence-electron chi connectivity index (χ1n) is 7.24. The van der Waals surface area contributed by atoms with Crippen LogP contribution in [0.4, 0.5) is 0 Å². The standard InChI is InChI=1S/C18H23NO/c1-4-17(19)14-9-11-15(12-10-14)20-18-8-6-5-7-16(18)13(2)3/h5-13,17H,4,19H2,1-3H3/t17-/m0/s1. The first-order valence-corrected chi connectivity index (χ1v) is 7.24. The molecule has 0 bridgehead atoms. The van der Waals surface area contributed by atoms with Gasteiger partial charge >= 0.3 is 0 Å². The molecule has 2 heteroatoms. The van der Waals surface area contributed by atoms with Crippen molar-refractivity contribution in [1.29, 1.82) is 0 Å². The fraction of sp³-hybridized carbons (Fsp3) is 0.333. The van der Waals surface area contributed by atoms with Crippen LogP contribution in [0.2, 0.25) is 0 Å². The minimum absolute atomic E-state index is 0.104. The van der Waals surface area contributed by atoms with Crippen molar-refractivity contribution in [3.63, 3.8) is 0 Å². The van der Waals surface area contributed by atoms with E-state index in [-0.39, 0.29) is 6.04 Å². The molecule has 2 nitrogen and oxygen atoms in total. The van der Waals surface area contributed by atoms with Crippen LogP contribution in [-0.2, 0) is 0 Å². The average Bonchev–Trinajstić information content (AvgIpc) is 2.47. The molecular weight excluding hydrogens is 246 g/mol. The molecule has 0 aliphatic heterocycles. The van der Waals surface area contributed by atoms with Crippen molar-refractivity contribution in [1.82, 2.24) is 0 Å². The van der Waals surface area contributed by atoms with Crippen molar-refractivity contribution in [2.24, 2.45) is 5.73 Å². The van der Waals surface area contributed by atoms with Crippen LogP contribution in [-0.4, -0.2) is 0 Å². The topological polar surface area (TPSA) is 35.2 Å². The van der Waals surface area contributed by atoms with Crippen molar-refractivity contribution in [3.05, 3.63) is 59.7 Å². The lowest BCUT2D eigenvalue weighted by Gasteiger charge is -2.14. The molecule has 0 saturated carbocycles. The number of para-hydroxylation sites is 1. The normalized spacial score (nSPS) is 12.4. The molecule has 0 heterocycles. The number of hydrogen-bond donors (Lipinski definition) is 1. The Kier molecular flexibility index (Phi) is 4.80. The van der Waals surface area contributed by atoms with Crippen LogP contribution in [0.3, 0.4) is 0 Å². The molecule has 0 aliphatic carbocycles. The number of nitrogens with two attached hydrogens (primary N) is 1. The lowest BCUT2D eigenvalue weighted by molar-refractivity contribution is 0.472. The fourth-order valence-corrected chi connectivity index (χ4v) is 2.20. The van der Waals surface area contributed by atoms with Gasteiger partial charge in [0, 0.05) is 6.04 Å². The molecule has 2 rings (SSSR count). The summed E-state index contributed by atoms with van der Waals surface area (Å²) in [6, 6.07) is 16.3. The van der Waals surface area contributed by atoms with Gasteiger partial charge in [-0.3, -0.25) is 0 Å². The Labute approximate surface area is 121 Å². The summed E-state index contributed by atoms with van der Waals surface area (Å²) in [7, 11) is 0. The molecule has 0 unspecified atom stereocenters. The lowest BCUT2D eigenvalue weighted by atomic mass is 10.0. The van der Waals surface area contributed by atoms with Crippen LogP contribution in [0.5, 0.6) is 11.5 Å². The predicted molar refractivity (Wildman–Crippen MR) is 84.3 cm³/mol. The van der Waals surface area contributed by atoms with Gasteiger partial charge in [-0.25, -0.2) is 0 Å². The van der Waals surface area contributed by atoms with E-state index in [1.54, 1.807) is 0 Å². The summed E-state index contributed by atoms with van der Waals surface area (Å²) in [6.07, 6.45) is 0.941. The highest BCUT2D eigenvalue weighted by Gasteiger charge is 2.08. The van der Waals surface area contributed by atoms with Crippen LogP contribution in [0.15, 0.2) is 48.5 Å². The quantitative estimate of drug-likeness (QED) is 0.827. The molecule has 0 aromatic heterocycles. The maximum atomic E-state index is 6.02. The van der Waals surface area contributed by atoms with E-state index in [4.69, 9.17) is 10.5 Å². The zero-order valence-electron chi connectivity index (χ0n) is 12.5. The molecule has 0 amide bonds. The van der Waals surface area contributed by atoms with Gasteiger partial charge in [-0.15, -0.1) is 0 Å². The number of ether oxygens (including phenoxy) is 1. The minimum Gasteiger partial charge on any atom is -0.457 e. The van der Waals surface area contributed by atoms with Crippen LogP contribution in [0.25, 0.3) is 0 Å². The van der Waals surface area contributed by atoms with E-state index >= 15 is 0 Å². The van der Waals surface area contributed by atoms with Gasteiger partial charge in [0.15, 0.2) is 0 Å². The zero-order chi connectivity index (χ0) is 14.5. The first kappa shape index (κ1) is 14.6. The summed E-state index contributed by atoms with van der Waals surface area (Å²) < 4.78 is 6.00. The highest BCUT2D eigenvalue weighted by Crippen LogP contribution is 2.30. The smallest absolute Gasteiger partial charge is 0.130 e. The Bertz CT molecular complexity index is 546. The third-order valence-corrected chi connectivity index (χ3v) is 3.52. The lowest BCUT2D eigenvalue weighted by Crippen LogP contribution is -2.08. The summed E-state index contributed by atoms with van der Waals surface area (Å²) in [4.78, 5) is 0. The monoisotopic (exact) mass is 269 g/mol. The van der Waals surface area contributed by atoms with Crippen molar-refractivity contribution < 1.29 is 4.74 Å². The molecule has 20 heavy (non-hydrogen) atoms. The molecule has 0 saturated heterocycles. The Hall–Kier alpha value is -1.80. The Balaban J connectivity index is 2.18. The van der Waals surface area contributed by atoms with Gasteiger partial charge in [-0.2, -0.15) is 0 Å². The summed E-state index contributed by atoms with van der Waals surface area (Å²) >= 11 is 0. The Morgan fingerprint density at radius 3 is 2.25 bits per heavy atom. The minimum atomic E-state index is 0.104. The second-order valence-corrected chi connectivity index (χ2v) is 5.38. The summed E-state index contributed by atoms with van der Waals surface area (Å²) in [6.45, 7) is 6.44. The van der Waals surface area contributed by atoms with E-state index in [1.807, 2.05) is 42.5 Å². The summed E-state index contributed by atoms with van der Waals surface area (Å²) in [5.41, 5.74) is 8.39. The third-order valence-electron chi connectivity index (χ3n) is 3.52. The molecule has 106 valence electrons. The molecule has 0 spiro atoms. The first-order chi connectivity index (χ1) is 9.61. The molecule has 0 radical (unpaired) electrons. The van der Waals surface area contributed by atoms with Crippen LogP contribution >= 0.6 is 0 Å². The van der Waals surface area contributed by atoms with E-state index < -0.39 is 0 Å². The molecule has 1 atom stereocenters. The van der Waals surface area contributed by atoms with E-state index in [0.717, 1.165) is 23.5 Å². The number of rotatable bonds is 5. The highest BCUT2D eigenvalue weighted by molar-refractivity contribution is 5.40. The molecule has 2 aromatic rings. The van der Waals surface area contributed by atoms with Crippen LogP contribution in [0, 0.1) is 0 Å². The molecule has 2 aromatic carbocycles. The highest BCUT2D eigenvalue weighted by atomic mass is 16.5. The fourth-order valence-electron chi connectivity index (χ4n) is 2.20. The van der Waals surface area contributed by atoms with Gasteiger partial charge < -0.3 is 10.5 Å². The van der Waals surface area contributed by atoms with Crippen LogP contribution < -0.4 is 10.5 Å². The van der Waals surface area contributed by atoms with Crippen molar-refractivity contribution in [3.8, 4) is 11.5 Å². The van der Waals surface area contributed by atoms with Gasteiger partial charge in [0.2, 0.25) is 0 Å². The van der Waals surface area contributed by atoms with Crippen molar-refractivity contribution in [2.45, 2.75) is 39.2 Å². The van der Waals surface area contributed by atoms with Gasteiger partial charge in [0.05, 0.1) is 0 Å². The van der Waals surface area contributed by atoms with Gasteiger partial charge in [-0.1, -0.05) is 51.1 Å². The van der Waals surface area contributed by atoms with Crippen molar-refractivity contribution in [2.75, 3.05) is 0 Å². The van der Waals surface area contributed by atoms with Crippen LogP contribution in [0.1, 0.15) is 50.3 Å². The van der Waals surface area contributed by atoms with E-state index in [9.17, 15) is 0 Å². The van der Waals surface area contributed by atoms with E-state index in [0.29, 0.717) is 5.92 Å². The van der Waals surface area contributed by atoms with E-state index in [1.165, 1.54) is 5.56 Å². The van der Waals surface area contributed by atoms with Crippen molar-refractivity contribution >= 4 is 0 Å². The molecule has 0 fully saturated rings. The predicted octanol–water partition coefficient (Wildman–Crippen LogP) is 5.01. The average molecular weight is 269 g/mol. The maximum absolute atomic E-state index is 6.02. The SMILES string of the molecule is CC[C@H](N)c1ccc(Oc2ccccc2C(C)C)cc1. The molecule has 0 aliphatic rings. The zero-order valence-corrected chi connectivity index (χ0v) is 12.5. The number of hydrogen-bond acceptors (Lipinski definition) is 2. The van der Waals surface area contributed by atoms with E-state index in [2.05, 4.69) is 26.8 Å². The van der Waals surface area contributed by atoms with Gasteiger partial charge in [0.1, 0.15) is 11.5 Å².